The van der Waals surface area contributed by atoms with Crippen molar-refractivity contribution < 1.29 is 14.2 Å². The molecule has 0 saturated carbocycles. The zero-order valence-corrected chi connectivity index (χ0v) is 16.0. The SMILES string of the molecule is COc1ccc(CN2CCOc3ccc(CN4CCOCC4)cc3C2)cc1. The normalized spacial score (nSPS) is 18.4. The van der Waals surface area contributed by atoms with E-state index in [0.717, 1.165) is 70.6 Å². The molecule has 0 unspecified atom stereocenters. The quantitative estimate of drug-likeness (QED) is 0.811. The standard InChI is InChI=1S/C22H28N2O3/c1-25-21-5-2-18(3-6-21)15-24-10-13-27-22-7-4-19(14-20(22)17-24)16-23-8-11-26-12-9-23/h2-7,14H,8-13,15-17H2,1H3. The predicted octanol–water partition coefficient (Wildman–Crippen LogP) is 2.92. The lowest BCUT2D eigenvalue weighted by molar-refractivity contribution is 0.0342. The third kappa shape index (κ3) is 4.80. The molecule has 2 aromatic rings. The summed E-state index contributed by atoms with van der Waals surface area (Å²) in [5.74, 6) is 1.93. The second-order valence-corrected chi connectivity index (χ2v) is 7.24. The number of hydrogen-bond donors (Lipinski definition) is 0. The molecule has 2 aromatic carbocycles. The first-order valence-corrected chi connectivity index (χ1v) is 9.70. The van der Waals surface area contributed by atoms with Gasteiger partial charge in [-0.15, -0.1) is 0 Å². The maximum atomic E-state index is 6.00. The molecule has 2 aliphatic heterocycles. The third-order valence-corrected chi connectivity index (χ3v) is 5.26. The molecule has 0 spiro atoms. The van der Waals surface area contributed by atoms with E-state index in [1.54, 1.807) is 7.11 Å². The molecule has 0 N–H and O–H groups in total. The van der Waals surface area contributed by atoms with Crippen molar-refractivity contribution in [2.45, 2.75) is 19.6 Å². The molecule has 0 atom stereocenters. The Bertz CT molecular complexity index is 742. The molecular weight excluding hydrogens is 340 g/mol. The number of hydrogen-bond acceptors (Lipinski definition) is 5. The summed E-state index contributed by atoms with van der Waals surface area (Å²) in [5.41, 5.74) is 3.93. The molecule has 2 aliphatic rings. The van der Waals surface area contributed by atoms with Gasteiger partial charge in [0, 0.05) is 44.8 Å². The van der Waals surface area contributed by atoms with Crippen molar-refractivity contribution in [3.63, 3.8) is 0 Å². The minimum atomic E-state index is 0.728. The fourth-order valence-corrected chi connectivity index (χ4v) is 3.74. The average Bonchev–Trinajstić information content (AvgIpc) is 2.90. The molecule has 1 fully saturated rings. The van der Waals surface area contributed by atoms with Crippen LogP contribution in [0.15, 0.2) is 42.5 Å². The van der Waals surface area contributed by atoms with Gasteiger partial charge in [0.2, 0.25) is 0 Å². The summed E-state index contributed by atoms with van der Waals surface area (Å²) in [5, 5.41) is 0. The molecule has 5 heteroatoms. The molecule has 0 radical (unpaired) electrons. The van der Waals surface area contributed by atoms with Crippen molar-refractivity contribution in [1.29, 1.82) is 0 Å². The summed E-state index contributed by atoms with van der Waals surface area (Å²) in [4.78, 5) is 4.91. The third-order valence-electron chi connectivity index (χ3n) is 5.26. The average molecular weight is 368 g/mol. The lowest BCUT2D eigenvalue weighted by Crippen LogP contribution is -2.35. The van der Waals surface area contributed by atoms with Crippen molar-refractivity contribution in [3.05, 3.63) is 59.2 Å². The van der Waals surface area contributed by atoms with E-state index in [1.165, 1.54) is 16.7 Å². The second kappa shape index (κ2) is 8.74. The van der Waals surface area contributed by atoms with Crippen LogP contribution in [0.5, 0.6) is 11.5 Å². The van der Waals surface area contributed by atoms with Gasteiger partial charge < -0.3 is 14.2 Å². The lowest BCUT2D eigenvalue weighted by Gasteiger charge is -2.27. The Labute approximate surface area is 161 Å². The lowest BCUT2D eigenvalue weighted by atomic mass is 10.1. The van der Waals surface area contributed by atoms with Gasteiger partial charge >= 0.3 is 0 Å². The van der Waals surface area contributed by atoms with Crippen LogP contribution in [0, 0.1) is 0 Å². The Morgan fingerprint density at radius 1 is 0.852 bits per heavy atom. The Morgan fingerprint density at radius 2 is 1.56 bits per heavy atom. The summed E-state index contributed by atoms with van der Waals surface area (Å²) in [6.07, 6.45) is 0. The van der Waals surface area contributed by atoms with Gasteiger partial charge in [-0.05, 0) is 35.4 Å². The molecule has 1 saturated heterocycles. The fraction of sp³-hybridized carbons (Fsp3) is 0.455. The van der Waals surface area contributed by atoms with E-state index >= 15 is 0 Å². The molecule has 27 heavy (non-hydrogen) atoms. The number of morpholine rings is 1. The number of ether oxygens (including phenoxy) is 3. The molecule has 144 valence electrons. The first kappa shape index (κ1) is 18.3. The van der Waals surface area contributed by atoms with Gasteiger partial charge in [0.25, 0.3) is 0 Å². The van der Waals surface area contributed by atoms with Crippen LogP contribution in [-0.2, 0) is 24.4 Å². The van der Waals surface area contributed by atoms with Gasteiger partial charge in [-0.3, -0.25) is 9.80 Å². The summed E-state index contributed by atoms with van der Waals surface area (Å²) in [7, 11) is 1.70. The minimum absolute atomic E-state index is 0.728. The highest BCUT2D eigenvalue weighted by atomic mass is 16.5. The van der Waals surface area contributed by atoms with Gasteiger partial charge in [0.05, 0.1) is 20.3 Å². The van der Waals surface area contributed by atoms with E-state index in [9.17, 15) is 0 Å². The van der Waals surface area contributed by atoms with Crippen LogP contribution in [0.4, 0.5) is 0 Å². The van der Waals surface area contributed by atoms with Crippen molar-refractivity contribution in [2.75, 3.05) is 46.6 Å². The summed E-state index contributed by atoms with van der Waals surface area (Å²) in [6.45, 7) is 8.17. The van der Waals surface area contributed by atoms with Gasteiger partial charge in [-0.1, -0.05) is 18.2 Å². The number of methoxy groups -OCH3 is 1. The fourth-order valence-electron chi connectivity index (χ4n) is 3.74. The molecule has 2 heterocycles. The van der Waals surface area contributed by atoms with E-state index in [2.05, 4.69) is 40.1 Å². The maximum absolute atomic E-state index is 6.00. The molecule has 0 amide bonds. The summed E-state index contributed by atoms with van der Waals surface area (Å²) >= 11 is 0. The second-order valence-electron chi connectivity index (χ2n) is 7.24. The van der Waals surface area contributed by atoms with E-state index in [0.29, 0.717) is 0 Å². The zero-order chi connectivity index (χ0) is 18.5. The first-order valence-electron chi connectivity index (χ1n) is 9.70. The Kier molecular flexibility index (Phi) is 5.92. The Balaban J connectivity index is 1.44. The van der Waals surface area contributed by atoms with Crippen LogP contribution in [0.2, 0.25) is 0 Å². The molecular formula is C22H28N2O3. The van der Waals surface area contributed by atoms with E-state index in [-0.39, 0.29) is 0 Å². The van der Waals surface area contributed by atoms with Crippen molar-refractivity contribution in [2.24, 2.45) is 0 Å². The van der Waals surface area contributed by atoms with Crippen molar-refractivity contribution >= 4 is 0 Å². The van der Waals surface area contributed by atoms with Crippen molar-refractivity contribution in [3.8, 4) is 11.5 Å². The van der Waals surface area contributed by atoms with E-state index in [4.69, 9.17) is 14.2 Å². The molecule has 0 bridgehead atoms. The number of nitrogens with zero attached hydrogens (tertiary/aromatic N) is 2. The number of fused-ring (bicyclic) bond motifs is 1. The Hall–Kier alpha value is -2.08. The van der Waals surface area contributed by atoms with Crippen LogP contribution < -0.4 is 9.47 Å². The van der Waals surface area contributed by atoms with Crippen LogP contribution in [0.25, 0.3) is 0 Å². The first-order chi connectivity index (χ1) is 13.3. The topological polar surface area (TPSA) is 34.2 Å². The smallest absolute Gasteiger partial charge is 0.123 e. The van der Waals surface area contributed by atoms with Gasteiger partial charge in [-0.25, -0.2) is 0 Å². The maximum Gasteiger partial charge on any atom is 0.123 e. The van der Waals surface area contributed by atoms with Crippen LogP contribution >= 0.6 is 0 Å². The molecule has 5 nitrogen and oxygen atoms in total. The van der Waals surface area contributed by atoms with Crippen LogP contribution in [0.1, 0.15) is 16.7 Å². The summed E-state index contributed by atoms with van der Waals surface area (Å²) < 4.78 is 16.7. The molecule has 4 rings (SSSR count). The molecule has 0 aromatic heterocycles. The van der Waals surface area contributed by atoms with E-state index < -0.39 is 0 Å². The highest BCUT2D eigenvalue weighted by Crippen LogP contribution is 2.26. The summed E-state index contributed by atoms with van der Waals surface area (Å²) in [6, 6.07) is 15.0. The number of benzene rings is 2. The predicted molar refractivity (Wildman–Crippen MR) is 105 cm³/mol. The number of rotatable bonds is 5. The van der Waals surface area contributed by atoms with Crippen LogP contribution in [-0.4, -0.2) is 56.4 Å². The van der Waals surface area contributed by atoms with Crippen LogP contribution in [0.3, 0.4) is 0 Å². The molecule has 0 aliphatic carbocycles. The zero-order valence-electron chi connectivity index (χ0n) is 16.0. The van der Waals surface area contributed by atoms with Gasteiger partial charge in [0.15, 0.2) is 0 Å². The van der Waals surface area contributed by atoms with E-state index in [1.807, 2.05) is 12.1 Å². The van der Waals surface area contributed by atoms with Gasteiger partial charge in [0.1, 0.15) is 18.1 Å². The van der Waals surface area contributed by atoms with Crippen molar-refractivity contribution in [1.82, 2.24) is 9.80 Å². The minimum Gasteiger partial charge on any atom is -0.497 e. The van der Waals surface area contributed by atoms with Gasteiger partial charge in [-0.2, -0.15) is 0 Å². The monoisotopic (exact) mass is 368 g/mol. The highest BCUT2D eigenvalue weighted by molar-refractivity contribution is 5.38. The highest BCUT2D eigenvalue weighted by Gasteiger charge is 2.17. The largest absolute Gasteiger partial charge is 0.497 e. The Morgan fingerprint density at radius 3 is 2.33 bits per heavy atom.